The number of rotatable bonds is 6. The molecule has 1 heterocycles. The Morgan fingerprint density at radius 2 is 1.86 bits per heavy atom. The summed E-state index contributed by atoms with van der Waals surface area (Å²) in [6, 6.07) is 16.8. The molecule has 0 aliphatic carbocycles. The molecule has 0 aliphatic rings. The first kappa shape index (κ1) is 20.1. The van der Waals surface area contributed by atoms with E-state index in [0.29, 0.717) is 16.3 Å². The van der Waals surface area contributed by atoms with Crippen LogP contribution in [-0.2, 0) is 9.53 Å². The Labute approximate surface area is 175 Å². The maximum absolute atomic E-state index is 12.4. The summed E-state index contributed by atoms with van der Waals surface area (Å²) in [5.41, 5.74) is 2.01. The molecule has 0 spiro atoms. The third-order valence-electron chi connectivity index (χ3n) is 3.96. The van der Waals surface area contributed by atoms with Crippen LogP contribution in [0.15, 0.2) is 59.1 Å². The van der Waals surface area contributed by atoms with Gasteiger partial charge in [0.15, 0.2) is 6.61 Å². The van der Waals surface area contributed by atoms with Gasteiger partial charge in [-0.25, -0.2) is 4.79 Å². The van der Waals surface area contributed by atoms with Gasteiger partial charge in [-0.15, -0.1) is 11.3 Å². The zero-order valence-electron chi connectivity index (χ0n) is 15.3. The Kier molecular flexibility index (Phi) is 6.49. The quantitative estimate of drug-likeness (QED) is 0.508. The monoisotopic (exact) mass is 459 g/mol. The molecule has 144 valence electrons. The number of hydrogen-bond acceptors (Lipinski definition) is 5. The summed E-state index contributed by atoms with van der Waals surface area (Å²) in [6.07, 6.45) is 0. The highest BCUT2D eigenvalue weighted by atomic mass is 79.9. The van der Waals surface area contributed by atoms with Gasteiger partial charge in [-0.05, 0) is 30.7 Å². The van der Waals surface area contributed by atoms with E-state index >= 15 is 0 Å². The number of anilines is 1. The van der Waals surface area contributed by atoms with Gasteiger partial charge < -0.3 is 14.8 Å². The summed E-state index contributed by atoms with van der Waals surface area (Å²) in [6.45, 7) is 1.74. The smallest absolute Gasteiger partial charge is 0.341 e. The van der Waals surface area contributed by atoms with E-state index in [1.165, 1.54) is 18.4 Å². The molecule has 0 atom stereocenters. The Bertz CT molecular complexity index is 1000. The van der Waals surface area contributed by atoms with Crippen LogP contribution in [0.2, 0.25) is 0 Å². The number of ether oxygens (including phenoxy) is 2. The highest BCUT2D eigenvalue weighted by Gasteiger charge is 2.25. The molecule has 0 saturated carbocycles. The minimum atomic E-state index is -0.494. The number of methoxy groups -OCH3 is 1. The van der Waals surface area contributed by atoms with E-state index in [2.05, 4.69) is 21.2 Å². The van der Waals surface area contributed by atoms with Crippen LogP contribution in [-0.4, -0.2) is 25.6 Å². The number of aryl methyl sites for hydroxylation is 1. The lowest BCUT2D eigenvalue weighted by atomic mass is 10.0. The minimum Gasteiger partial charge on any atom is -0.484 e. The molecule has 3 aromatic rings. The molecule has 1 N–H and O–H groups in total. The van der Waals surface area contributed by atoms with E-state index in [4.69, 9.17) is 9.47 Å². The zero-order chi connectivity index (χ0) is 20.1. The number of carbonyl (C=O) groups is 2. The molecule has 1 amide bonds. The number of amides is 1. The zero-order valence-corrected chi connectivity index (χ0v) is 17.7. The van der Waals surface area contributed by atoms with E-state index < -0.39 is 5.97 Å². The first-order chi connectivity index (χ1) is 13.5. The second-order valence-corrected chi connectivity index (χ2v) is 8.03. The number of halogens is 1. The number of thiophene rings is 1. The van der Waals surface area contributed by atoms with Gasteiger partial charge in [0, 0.05) is 14.9 Å². The maximum atomic E-state index is 12.4. The van der Waals surface area contributed by atoms with Gasteiger partial charge in [0.25, 0.3) is 5.91 Å². The number of carbonyl (C=O) groups excluding carboxylic acids is 2. The fourth-order valence-corrected chi connectivity index (χ4v) is 4.21. The molecule has 0 saturated heterocycles. The third-order valence-corrected chi connectivity index (χ3v) is 5.47. The molecule has 7 heteroatoms. The van der Waals surface area contributed by atoms with Crippen LogP contribution in [0.3, 0.4) is 0 Å². The summed E-state index contributed by atoms with van der Waals surface area (Å²) in [5.74, 6) is -0.276. The molecule has 1 aromatic heterocycles. The van der Waals surface area contributed by atoms with Crippen molar-refractivity contribution in [3.63, 3.8) is 0 Å². The summed E-state index contributed by atoms with van der Waals surface area (Å²) in [5, 5.41) is 3.23. The highest BCUT2D eigenvalue weighted by molar-refractivity contribution is 9.10. The Hall–Kier alpha value is -2.64. The van der Waals surface area contributed by atoms with Crippen molar-refractivity contribution in [2.75, 3.05) is 19.0 Å². The van der Waals surface area contributed by atoms with Gasteiger partial charge in [-0.1, -0.05) is 52.3 Å². The van der Waals surface area contributed by atoms with Crippen LogP contribution in [0.25, 0.3) is 11.1 Å². The Morgan fingerprint density at radius 1 is 1.11 bits per heavy atom. The van der Waals surface area contributed by atoms with E-state index in [1.807, 2.05) is 49.4 Å². The normalized spacial score (nSPS) is 10.4. The highest BCUT2D eigenvalue weighted by Crippen LogP contribution is 2.40. The first-order valence-electron chi connectivity index (χ1n) is 8.45. The van der Waals surface area contributed by atoms with E-state index in [0.717, 1.165) is 20.5 Å². The van der Waals surface area contributed by atoms with E-state index in [-0.39, 0.29) is 12.5 Å². The molecule has 0 fully saturated rings. The topological polar surface area (TPSA) is 64.6 Å². The van der Waals surface area contributed by atoms with Crippen molar-refractivity contribution in [2.45, 2.75) is 6.92 Å². The van der Waals surface area contributed by atoms with Crippen LogP contribution < -0.4 is 10.1 Å². The summed E-state index contributed by atoms with van der Waals surface area (Å²) < 4.78 is 11.3. The van der Waals surface area contributed by atoms with Gasteiger partial charge in [-0.2, -0.15) is 0 Å². The SMILES string of the molecule is COC(=O)c1c(NC(=O)COc2cccc(Br)c2)sc(C)c1-c1ccccc1. The molecule has 28 heavy (non-hydrogen) atoms. The van der Waals surface area contributed by atoms with Crippen LogP contribution in [0.4, 0.5) is 5.00 Å². The van der Waals surface area contributed by atoms with Gasteiger partial charge in [0.1, 0.15) is 16.3 Å². The van der Waals surface area contributed by atoms with Crippen molar-refractivity contribution in [1.82, 2.24) is 0 Å². The van der Waals surface area contributed by atoms with Gasteiger partial charge in [0.05, 0.1) is 7.11 Å². The molecule has 0 aliphatic heterocycles. The molecular weight excluding hydrogens is 442 g/mol. The maximum Gasteiger partial charge on any atom is 0.341 e. The van der Waals surface area contributed by atoms with Gasteiger partial charge in [0.2, 0.25) is 0 Å². The average Bonchev–Trinajstić information content (AvgIpc) is 3.02. The second-order valence-electron chi connectivity index (χ2n) is 5.89. The second kappa shape index (κ2) is 9.03. The summed E-state index contributed by atoms with van der Waals surface area (Å²) in [4.78, 5) is 25.7. The van der Waals surface area contributed by atoms with Crippen LogP contribution in [0, 0.1) is 6.92 Å². The van der Waals surface area contributed by atoms with Gasteiger partial charge >= 0.3 is 5.97 Å². The van der Waals surface area contributed by atoms with Crippen molar-refractivity contribution >= 4 is 44.1 Å². The number of hydrogen-bond donors (Lipinski definition) is 1. The van der Waals surface area contributed by atoms with Crippen molar-refractivity contribution < 1.29 is 19.1 Å². The largest absolute Gasteiger partial charge is 0.484 e. The average molecular weight is 460 g/mol. The Morgan fingerprint density at radius 3 is 2.54 bits per heavy atom. The van der Waals surface area contributed by atoms with Crippen molar-refractivity contribution in [1.29, 1.82) is 0 Å². The van der Waals surface area contributed by atoms with Gasteiger partial charge in [-0.3, -0.25) is 4.79 Å². The molecule has 0 bridgehead atoms. The molecule has 0 unspecified atom stereocenters. The number of nitrogens with one attached hydrogen (secondary N) is 1. The summed E-state index contributed by atoms with van der Waals surface area (Å²) >= 11 is 4.70. The molecule has 3 rings (SSSR count). The van der Waals surface area contributed by atoms with Crippen molar-refractivity contribution in [3.8, 4) is 16.9 Å². The predicted molar refractivity (Wildman–Crippen MR) is 114 cm³/mol. The number of esters is 1. The molecule has 5 nitrogen and oxygen atoms in total. The Balaban J connectivity index is 1.83. The van der Waals surface area contributed by atoms with Crippen LogP contribution in [0.5, 0.6) is 5.75 Å². The van der Waals surface area contributed by atoms with Crippen LogP contribution >= 0.6 is 27.3 Å². The van der Waals surface area contributed by atoms with E-state index in [1.54, 1.807) is 12.1 Å². The van der Waals surface area contributed by atoms with Crippen molar-refractivity contribution in [2.24, 2.45) is 0 Å². The van der Waals surface area contributed by atoms with Crippen molar-refractivity contribution in [3.05, 3.63) is 69.5 Å². The first-order valence-corrected chi connectivity index (χ1v) is 10.1. The standard InChI is InChI=1S/C21H18BrNO4S/c1-13-18(14-7-4-3-5-8-14)19(21(25)26-2)20(28-13)23-17(24)12-27-16-10-6-9-15(22)11-16/h3-11H,12H2,1-2H3,(H,23,24). The molecule has 2 aromatic carbocycles. The lowest BCUT2D eigenvalue weighted by molar-refractivity contribution is -0.118. The number of benzene rings is 2. The lowest BCUT2D eigenvalue weighted by Crippen LogP contribution is -2.21. The lowest BCUT2D eigenvalue weighted by Gasteiger charge is -2.09. The molecule has 0 radical (unpaired) electrons. The predicted octanol–water partition coefficient (Wildman–Crippen LogP) is 5.29. The molecular formula is C21H18BrNO4S. The minimum absolute atomic E-state index is 0.172. The fraction of sp³-hybridized carbons (Fsp3) is 0.143. The third kappa shape index (κ3) is 4.61. The summed E-state index contributed by atoms with van der Waals surface area (Å²) in [7, 11) is 1.33. The van der Waals surface area contributed by atoms with Crippen LogP contribution in [0.1, 0.15) is 15.2 Å². The fourth-order valence-electron chi connectivity index (χ4n) is 2.75. The van der Waals surface area contributed by atoms with E-state index in [9.17, 15) is 9.59 Å².